The van der Waals surface area contributed by atoms with E-state index in [1.807, 2.05) is 0 Å². The lowest BCUT2D eigenvalue weighted by Gasteiger charge is -2.29. The molecular formula is C12H18N4O2. The molecule has 2 rings (SSSR count). The van der Waals surface area contributed by atoms with Gasteiger partial charge in [0.15, 0.2) is 0 Å². The summed E-state index contributed by atoms with van der Waals surface area (Å²) in [6.07, 6.45) is 5.80. The highest BCUT2D eigenvalue weighted by atomic mass is 16.6. The standard InChI is InChI=1S/C12H18N4O2/c1-8-7-14-12(6-11(8)16(17)18)15-10-5-3-2-4-9(10)13/h6-7,9-10H,2-5,13H2,1H3,(H,14,15). The quantitative estimate of drug-likeness (QED) is 0.632. The number of rotatable bonds is 3. The fourth-order valence-electron chi connectivity index (χ4n) is 2.32. The number of aryl methyl sites for hydroxylation is 1. The predicted octanol–water partition coefficient (Wildman–Crippen LogP) is 1.98. The summed E-state index contributed by atoms with van der Waals surface area (Å²) < 4.78 is 0. The Kier molecular flexibility index (Phi) is 3.76. The topological polar surface area (TPSA) is 94.1 Å². The molecule has 6 nitrogen and oxygen atoms in total. The van der Waals surface area contributed by atoms with E-state index in [-0.39, 0.29) is 22.7 Å². The van der Waals surface area contributed by atoms with E-state index in [1.54, 1.807) is 6.92 Å². The van der Waals surface area contributed by atoms with Gasteiger partial charge >= 0.3 is 0 Å². The number of nitrogens with one attached hydrogen (secondary N) is 1. The maximum absolute atomic E-state index is 10.9. The molecule has 1 saturated carbocycles. The average molecular weight is 250 g/mol. The molecule has 2 unspecified atom stereocenters. The van der Waals surface area contributed by atoms with Crippen molar-refractivity contribution < 1.29 is 4.92 Å². The molecule has 98 valence electrons. The third-order valence-corrected chi connectivity index (χ3v) is 3.42. The van der Waals surface area contributed by atoms with Crippen LogP contribution in [0.15, 0.2) is 12.3 Å². The van der Waals surface area contributed by atoms with Crippen molar-refractivity contribution in [3.8, 4) is 0 Å². The number of nitrogens with two attached hydrogens (primary N) is 1. The van der Waals surface area contributed by atoms with Gasteiger partial charge in [-0.25, -0.2) is 4.98 Å². The molecule has 1 heterocycles. The van der Waals surface area contributed by atoms with Crippen LogP contribution in [-0.4, -0.2) is 22.0 Å². The normalized spacial score (nSPS) is 23.7. The van der Waals surface area contributed by atoms with Gasteiger partial charge in [0.1, 0.15) is 5.82 Å². The monoisotopic (exact) mass is 250 g/mol. The first kappa shape index (κ1) is 12.8. The van der Waals surface area contributed by atoms with Gasteiger partial charge in [0, 0.05) is 23.8 Å². The first-order valence-electron chi connectivity index (χ1n) is 6.21. The second-order valence-electron chi connectivity index (χ2n) is 4.81. The molecule has 0 amide bonds. The van der Waals surface area contributed by atoms with E-state index in [0.29, 0.717) is 11.4 Å². The second kappa shape index (κ2) is 5.30. The lowest BCUT2D eigenvalue weighted by atomic mass is 9.91. The summed E-state index contributed by atoms with van der Waals surface area (Å²) in [7, 11) is 0. The molecule has 18 heavy (non-hydrogen) atoms. The van der Waals surface area contributed by atoms with E-state index in [9.17, 15) is 10.1 Å². The fraction of sp³-hybridized carbons (Fsp3) is 0.583. The molecule has 2 atom stereocenters. The highest BCUT2D eigenvalue weighted by molar-refractivity contribution is 5.49. The van der Waals surface area contributed by atoms with Gasteiger partial charge in [-0.15, -0.1) is 0 Å². The van der Waals surface area contributed by atoms with Crippen molar-refractivity contribution in [2.75, 3.05) is 5.32 Å². The van der Waals surface area contributed by atoms with Gasteiger partial charge < -0.3 is 11.1 Å². The molecule has 0 aromatic carbocycles. The Bertz CT molecular complexity index is 450. The van der Waals surface area contributed by atoms with Crippen LogP contribution < -0.4 is 11.1 Å². The Balaban J connectivity index is 2.14. The van der Waals surface area contributed by atoms with Gasteiger partial charge in [0.05, 0.1) is 11.0 Å². The van der Waals surface area contributed by atoms with Crippen LogP contribution in [0.5, 0.6) is 0 Å². The number of pyridine rings is 1. The number of anilines is 1. The Morgan fingerprint density at radius 2 is 2.22 bits per heavy atom. The largest absolute Gasteiger partial charge is 0.366 e. The Morgan fingerprint density at radius 1 is 1.50 bits per heavy atom. The summed E-state index contributed by atoms with van der Waals surface area (Å²) >= 11 is 0. The van der Waals surface area contributed by atoms with Crippen LogP contribution in [0.3, 0.4) is 0 Å². The van der Waals surface area contributed by atoms with Gasteiger partial charge in [-0.1, -0.05) is 12.8 Å². The van der Waals surface area contributed by atoms with Crippen LogP contribution in [0.2, 0.25) is 0 Å². The van der Waals surface area contributed by atoms with Crippen molar-refractivity contribution in [2.24, 2.45) is 5.73 Å². The van der Waals surface area contributed by atoms with E-state index in [4.69, 9.17) is 5.73 Å². The number of hydrogen-bond acceptors (Lipinski definition) is 5. The van der Waals surface area contributed by atoms with Crippen LogP contribution in [0.4, 0.5) is 11.5 Å². The lowest BCUT2D eigenvalue weighted by molar-refractivity contribution is -0.385. The molecule has 0 spiro atoms. The predicted molar refractivity (Wildman–Crippen MR) is 69.5 cm³/mol. The Morgan fingerprint density at radius 3 is 2.89 bits per heavy atom. The zero-order valence-corrected chi connectivity index (χ0v) is 10.4. The Hall–Kier alpha value is -1.69. The maximum Gasteiger partial charge on any atom is 0.277 e. The van der Waals surface area contributed by atoms with Crippen LogP contribution in [0, 0.1) is 17.0 Å². The van der Waals surface area contributed by atoms with Crippen molar-refractivity contribution >= 4 is 11.5 Å². The first-order valence-corrected chi connectivity index (χ1v) is 6.21. The van der Waals surface area contributed by atoms with Crippen LogP contribution >= 0.6 is 0 Å². The summed E-state index contributed by atoms with van der Waals surface area (Å²) in [5.41, 5.74) is 6.69. The summed E-state index contributed by atoms with van der Waals surface area (Å²) in [5.74, 6) is 0.537. The van der Waals surface area contributed by atoms with Gasteiger partial charge in [0.2, 0.25) is 0 Å². The van der Waals surface area contributed by atoms with Crippen LogP contribution in [0.25, 0.3) is 0 Å². The number of hydrogen-bond donors (Lipinski definition) is 2. The van der Waals surface area contributed by atoms with Gasteiger partial charge in [-0.05, 0) is 19.8 Å². The molecule has 3 N–H and O–H groups in total. The molecule has 0 aliphatic heterocycles. The molecular weight excluding hydrogens is 232 g/mol. The van der Waals surface area contributed by atoms with Crippen molar-refractivity contribution in [3.05, 3.63) is 27.9 Å². The molecule has 1 aliphatic carbocycles. The average Bonchev–Trinajstić information content (AvgIpc) is 2.34. The third kappa shape index (κ3) is 2.76. The van der Waals surface area contributed by atoms with Gasteiger partial charge in [-0.3, -0.25) is 10.1 Å². The molecule has 1 aromatic heterocycles. The third-order valence-electron chi connectivity index (χ3n) is 3.42. The van der Waals surface area contributed by atoms with Crippen molar-refractivity contribution in [2.45, 2.75) is 44.7 Å². The zero-order chi connectivity index (χ0) is 13.1. The summed E-state index contributed by atoms with van der Waals surface area (Å²) in [5, 5.41) is 14.1. The van der Waals surface area contributed by atoms with Crippen molar-refractivity contribution in [1.82, 2.24) is 4.98 Å². The summed E-state index contributed by atoms with van der Waals surface area (Å²) in [4.78, 5) is 14.6. The minimum Gasteiger partial charge on any atom is -0.366 e. The summed E-state index contributed by atoms with van der Waals surface area (Å²) in [6, 6.07) is 1.74. The Labute approximate surface area is 106 Å². The molecule has 1 fully saturated rings. The van der Waals surface area contributed by atoms with E-state index in [2.05, 4.69) is 10.3 Å². The van der Waals surface area contributed by atoms with E-state index >= 15 is 0 Å². The molecule has 0 bridgehead atoms. The molecule has 1 aromatic rings. The van der Waals surface area contributed by atoms with Crippen LogP contribution in [-0.2, 0) is 0 Å². The first-order chi connectivity index (χ1) is 8.58. The SMILES string of the molecule is Cc1cnc(NC2CCCCC2N)cc1[N+](=O)[O-]. The zero-order valence-electron chi connectivity index (χ0n) is 10.4. The molecule has 0 saturated heterocycles. The van der Waals surface area contributed by atoms with Crippen molar-refractivity contribution in [1.29, 1.82) is 0 Å². The smallest absolute Gasteiger partial charge is 0.277 e. The maximum atomic E-state index is 10.9. The van der Waals surface area contributed by atoms with E-state index in [0.717, 1.165) is 25.7 Å². The van der Waals surface area contributed by atoms with Gasteiger partial charge in [0.25, 0.3) is 5.69 Å². The fourth-order valence-corrected chi connectivity index (χ4v) is 2.32. The van der Waals surface area contributed by atoms with E-state index < -0.39 is 0 Å². The molecule has 0 radical (unpaired) electrons. The molecule has 6 heteroatoms. The summed E-state index contributed by atoms with van der Waals surface area (Å²) in [6.45, 7) is 1.68. The minimum absolute atomic E-state index is 0.0943. The second-order valence-corrected chi connectivity index (χ2v) is 4.81. The lowest BCUT2D eigenvalue weighted by Crippen LogP contribution is -2.42. The number of aromatic nitrogens is 1. The minimum atomic E-state index is -0.386. The highest BCUT2D eigenvalue weighted by Crippen LogP contribution is 2.24. The van der Waals surface area contributed by atoms with E-state index in [1.165, 1.54) is 12.3 Å². The van der Waals surface area contributed by atoms with Crippen LogP contribution in [0.1, 0.15) is 31.2 Å². The van der Waals surface area contributed by atoms with Gasteiger partial charge in [-0.2, -0.15) is 0 Å². The number of nitrogens with zero attached hydrogens (tertiary/aromatic N) is 2. The van der Waals surface area contributed by atoms with Crippen molar-refractivity contribution in [3.63, 3.8) is 0 Å². The number of nitro groups is 1. The molecule has 1 aliphatic rings. The highest BCUT2D eigenvalue weighted by Gasteiger charge is 2.22.